The molecule has 0 radical (unpaired) electrons. The summed E-state index contributed by atoms with van der Waals surface area (Å²) < 4.78 is 6.28. The number of rotatable bonds is 9. The summed E-state index contributed by atoms with van der Waals surface area (Å²) in [5, 5.41) is 12.0. The Morgan fingerprint density at radius 1 is 1.33 bits per heavy atom. The van der Waals surface area contributed by atoms with Crippen molar-refractivity contribution in [2.24, 2.45) is 10.8 Å². The number of piperidine rings is 1. The van der Waals surface area contributed by atoms with E-state index in [4.69, 9.17) is 10.6 Å². The molecule has 0 amide bonds. The van der Waals surface area contributed by atoms with Gasteiger partial charge < -0.3 is 19.6 Å². The third-order valence-electron chi connectivity index (χ3n) is 6.87. The van der Waals surface area contributed by atoms with E-state index in [0.29, 0.717) is 31.8 Å². The van der Waals surface area contributed by atoms with Gasteiger partial charge in [0.1, 0.15) is 5.82 Å². The SMILES string of the molecule is C=C/C=C(\N=C(C)CC(O)CN1CCC2(CC1)CN(C1=C(C)C(=O)CC1)CCO2)N(N)C=C. The molecule has 0 aromatic carbocycles. The van der Waals surface area contributed by atoms with Crippen LogP contribution in [-0.2, 0) is 9.53 Å². The van der Waals surface area contributed by atoms with Gasteiger partial charge in [-0.05, 0) is 39.2 Å². The molecular formula is C25H39N5O3. The maximum atomic E-state index is 12.0. The second-order valence-electron chi connectivity index (χ2n) is 9.30. The van der Waals surface area contributed by atoms with Gasteiger partial charge in [0, 0.05) is 68.7 Å². The number of morpholine rings is 1. The molecule has 3 rings (SSSR count). The average molecular weight is 458 g/mol. The number of nitrogens with two attached hydrogens (primary N) is 1. The fraction of sp³-hybridized carbons (Fsp3) is 0.600. The average Bonchev–Trinajstić information content (AvgIpc) is 3.13. The van der Waals surface area contributed by atoms with Crippen LogP contribution in [0.1, 0.15) is 46.0 Å². The van der Waals surface area contributed by atoms with Gasteiger partial charge in [-0.15, -0.1) is 0 Å². The summed E-state index contributed by atoms with van der Waals surface area (Å²) >= 11 is 0. The van der Waals surface area contributed by atoms with Crippen LogP contribution in [0, 0.1) is 0 Å². The van der Waals surface area contributed by atoms with Gasteiger partial charge in [-0.1, -0.05) is 19.2 Å². The molecule has 3 N–H and O–H groups in total. The molecule has 1 atom stereocenters. The normalized spacial score (nSPS) is 23.3. The first kappa shape index (κ1) is 25.4. The first-order valence-corrected chi connectivity index (χ1v) is 11.8. The number of likely N-dealkylation sites (tertiary alicyclic amines) is 1. The summed E-state index contributed by atoms with van der Waals surface area (Å²) in [5.41, 5.74) is 2.78. The van der Waals surface area contributed by atoms with Crippen LogP contribution in [-0.4, -0.2) is 82.4 Å². The summed E-state index contributed by atoms with van der Waals surface area (Å²) in [6.45, 7) is 16.0. The molecule has 2 heterocycles. The first-order valence-electron chi connectivity index (χ1n) is 11.8. The lowest BCUT2D eigenvalue weighted by Gasteiger charge is -2.48. The molecule has 33 heavy (non-hydrogen) atoms. The molecule has 182 valence electrons. The van der Waals surface area contributed by atoms with Crippen LogP contribution in [0.5, 0.6) is 0 Å². The van der Waals surface area contributed by atoms with Crippen molar-refractivity contribution >= 4 is 11.5 Å². The zero-order valence-corrected chi connectivity index (χ0v) is 20.1. The van der Waals surface area contributed by atoms with Crippen LogP contribution < -0.4 is 5.84 Å². The predicted molar refractivity (Wildman–Crippen MR) is 131 cm³/mol. The number of β-amino-alcohol motifs (C(OH)–C–C–N with tert-alkyl or cyclic N) is 1. The van der Waals surface area contributed by atoms with Crippen molar-refractivity contribution < 1.29 is 14.6 Å². The topological polar surface area (TPSA) is 94.6 Å². The number of hydrogen-bond acceptors (Lipinski definition) is 8. The summed E-state index contributed by atoms with van der Waals surface area (Å²) in [6.07, 6.45) is 8.11. The molecule has 8 heteroatoms. The van der Waals surface area contributed by atoms with Crippen LogP contribution in [0.3, 0.4) is 0 Å². The van der Waals surface area contributed by atoms with E-state index < -0.39 is 6.10 Å². The Balaban J connectivity index is 1.51. The summed E-state index contributed by atoms with van der Waals surface area (Å²) in [6, 6.07) is 0. The van der Waals surface area contributed by atoms with Gasteiger partial charge in [0.05, 0.1) is 18.3 Å². The molecule has 0 aromatic rings. The van der Waals surface area contributed by atoms with E-state index in [1.807, 2.05) is 13.8 Å². The van der Waals surface area contributed by atoms with Crippen molar-refractivity contribution in [3.63, 3.8) is 0 Å². The summed E-state index contributed by atoms with van der Waals surface area (Å²) in [4.78, 5) is 21.2. The van der Waals surface area contributed by atoms with Crippen LogP contribution in [0.25, 0.3) is 0 Å². The monoisotopic (exact) mass is 457 g/mol. The second-order valence-corrected chi connectivity index (χ2v) is 9.30. The first-order chi connectivity index (χ1) is 15.8. The van der Waals surface area contributed by atoms with Gasteiger partial charge in [-0.25, -0.2) is 10.8 Å². The number of hydrogen-bond donors (Lipinski definition) is 2. The molecule has 2 saturated heterocycles. The van der Waals surface area contributed by atoms with Crippen molar-refractivity contribution in [1.82, 2.24) is 14.8 Å². The van der Waals surface area contributed by atoms with E-state index >= 15 is 0 Å². The van der Waals surface area contributed by atoms with Gasteiger partial charge in [0.2, 0.25) is 0 Å². The van der Waals surface area contributed by atoms with Gasteiger partial charge >= 0.3 is 0 Å². The Kier molecular flexibility index (Phi) is 8.64. The maximum absolute atomic E-state index is 12.0. The number of carbonyl (C=O) groups is 1. The third-order valence-corrected chi connectivity index (χ3v) is 6.87. The van der Waals surface area contributed by atoms with E-state index in [2.05, 4.69) is 28.0 Å². The fourth-order valence-corrected chi connectivity index (χ4v) is 5.01. The molecule has 1 aliphatic carbocycles. The molecule has 0 aromatic heterocycles. The Morgan fingerprint density at radius 2 is 2.06 bits per heavy atom. The number of Topliss-reactive ketones (excluding diaryl/α,β-unsaturated/α-hetero) is 1. The minimum atomic E-state index is -0.510. The molecule has 0 saturated carbocycles. The minimum Gasteiger partial charge on any atom is -0.391 e. The van der Waals surface area contributed by atoms with E-state index in [9.17, 15) is 9.90 Å². The zero-order chi connectivity index (χ0) is 24.0. The quantitative estimate of drug-likeness (QED) is 0.238. The van der Waals surface area contributed by atoms with E-state index in [0.717, 1.165) is 56.7 Å². The van der Waals surface area contributed by atoms with Gasteiger partial charge in [-0.3, -0.25) is 9.80 Å². The van der Waals surface area contributed by atoms with Crippen LogP contribution in [0.15, 0.2) is 53.6 Å². The number of allylic oxidation sites excluding steroid dienone is 4. The molecule has 2 fully saturated rings. The number of aliphatic hydroxyl groups excluding tert-OH is 1. The Bertz CT molecular complexity index is 839. The number of aliphatic imine (C=N–C) groups is 1. The number of ether oxygens (including phenoxy) is 1. The maximum Gasteiger partial charge on any atom is 0.160 e. The highest BCUT2D eigenvalue weighted by atomic mass is 16.5. The summed E-state index contributed by atoms with van der Waals surface area (Å²) in [7, 11) is 0. The van der Waals surface area contributed by atoms with E-state index in [1.54, 1.807) is 12.2 Å². The standard InChI is InChI=1S/C25H39N5O3/c1-5-7-24(30(26)6-2)27-19(3)16-21(31)17-28-12-10-25(11-13-28)18-29(14-15-33-25)22-8-9-23(32)20(22)4/h5-7,21,31H,1-2,8-18,26H2,3-4H3/b24-7+,27-19?. The Morgan fingerprint density at radius 3 is 2.67 bits per heavy atom. The summed E-state index contributed by atoms with van der Waals surface area (Å²) in [5.74, 6) is 6.66. The zero-order valence-electron chi connectivity index (χ0n) is 20.1. The number of carbonyl (C=O) groups excluding carboxylic acids is 1. The van der Waals surface area contributed by atoms with Crippen LogP contribution in [0.4, 0.5) is 0 Å². The van der Waals surface area contributed by atoms with Crippen molar-refractivity contribution in [3.05, 3.63) is 48.6 Å². The van der Waals surface area contributed by atoms with Crippen molar-refractivity contribution in [2.75, 3.05) is 39.3 Å². The van der Waals surface area contributed by atoms with Crippen molar-refractivity contribution in [1.29, 1.82) is 0 Å². The highest BCUT2D eigenvalue weighted by Gasteiger charge is 2.41. The number of ketones is 1. The lowest BCUT2D eigenvalue weighted by Crippen LogP contribution is -2.57. The molecule has 2 aliphatic heterocycles. The molecule has 3 aliphatic rings. The van der Waals surface area contributed by atoms with Gasteiger partial charge in [-0.2, -0.15) is 0 Å². The molecule has 1 unspecified atom stereocenters. The highest BCUT2D eigenvalue weighted by molar-refractivity contribution is 5.97. The van der Waals surface area contributed by atoms with E-state index in [1.165, 1.54) is 16.9 Å². The lowest BCUT2D eigenvalue weighted by molar-refractivity contribution is -0.131. The van der Waals surface area contributed by atoms with E-state index in [-0.39, 0.29) is 11.4 Å². The molecular weight excluding hydrogens is 418 g/mol. The predicted octanol–water partition coefficient (Wildman–Crippen LogP) is 2.35. The molecule has 1 spiro atoms. The van der Waals surface area contributed by atoms with Crippen molar-refractivity contribution in [3.8, 4) is 0 Å². The lowest BCUT2D eigenvalue weighted by atomic mass is 9.88. The molecule has 8 nitrogen and oxygen atoms in total. The Hall–Kier alpha value is -2.26. The largest absolute Gasteiger partial charge is 0.391 e. The van der Waals surface area contributed by atoms with Gasteiger partial charge in [0.15, 0.2) is 5.78 Å². The van der Waals surface area contributed by atoms with Crippen LogP contribution in [0.2, 0.25) is 0 Å². The number of aliphatic hydroxyl groups is 1. The number of hydrazine groups is 1. The van der Waals surface area contributed by atoms with Crippen LogP contribution >= 0.6 is 0 Å². The second kappa shape index (κ2) is 11.2. The third kappa shape index (κ3) is 6.41. The number of nitrogens with zero attached hydrogens (tertiary/aromatic N) is 4. The minimum absolute atomic E-state index is 0.157. The van der Waals surface area contributed by atoms with Gasteiger partial charge in [0.25, 0.3) is 0 Å². The highest BCUT2D eigenvalue weighted by Crippen LogP contribution is 2.35. The van der Waals surface area contributed by atoms with Crippen molar-refractivity contribution in [2.45, 2.75) is 57.7 Å². The fourth-order valence-electron chi connectivity index (χ4n) is 5.01. The molecule has 0 bridgehead atoms. The Labute approximate surface area is 197 Å². The smallest absolute Gasteiger partial charge is 0.160 e.